The van der Waals surface area contributed by atoms with Gasteiger partial charge in [-0.2, -0.15) is 0 Å². The fourth-order valence-electron chi connectivity index (χ4n) is 3.38. The van der Waals surface area contributed by atoms with Gasteiger partial charge in [-0.15, -0.1) is 0 Å². The Morgan fingerprint density at radius 1 is 1.24 bits per heavy atom. The highest BCUT2D eigenvalue weighted by Crippen LogP contribution is 2.60. The summed E-state index contributed by atoms with van der Waals surface area (Å²) in [5, 5.41) is -0.452. The number of piperidine rings is 1. The van der Waals surface area contributed by atoms with E-state index in [1.165, 1.54) is 0 Å². The molecule has 1 amide bonds. The maximum Gasteiger partial charge on any atom is 0.216 e. The van der Waals surface area contributed by atoms with E-state index in [2.05, 4.69) is 58.7 Å². The Hall–Kier alpha value is -0.530. The third-order valence-electron chi connectivity index (χ3n) is 4.80. The highest BCUT2D eigenvalue weighted by atomic mass is 16.2. The molecule has 0 aromatic heterocycles. The Morgan fingerprint density at radius 3 is 2.00 bits per heavy atom. The van der Waals surface area contributed by atoms with Crippen LogP contribution in [0, 0.1) is 11.3 Å². The first-order valence-electron chi connectivity index (χ1n) is 6.32. The summed E-state index contributed by atoms with van der Waals surface area (Å²) >= 11 is 0. The van der Waals surface area contributed by atoms with Gasteiger partial charge in [-0.1, -0.05) is 32.6 Å². The number of hydrogen-bond acceptors (Lipinski definition) is 1. The third kappa shape index (κ3) is 1.90. The largest absolute Gasteiger partial charge is 0.320 e. The van der Waals surface area contributed by atoms with Gasteiger partial charge in [0.15, 0.2) is 0 Å². The molecular formula is C11H23B4NO. The fourth-order valence-corrected chi connectivity index (χ4v) is 3.38. The summed E-state index contributed by atoms with van der Waals surface area (Å²) in [6.45, 7) is 10.8. The van der Waals surface area contributed by atoms with E-state index in [0.29, 0.717) is 5.92 Å². The smallest absolute Gasteiger partial charge is 0.216 e. The van der Waals surface area contributed by atoms with Crippen LogP contribution in [0.2, 0.25) is 10.4 Å². The normalized spacial score (nSPS) is 28.2. The molecule has 0 aromatic rings. The Balaban J connectivity index is 3.41. The van der Waals surface area contributed by atoms with Gasteiger partial charge in [0, 0.05) is 12.7 Å². The van der Waals surface area contributed by atoms with E-state index in [4.69, 9.17) is 0 Å². The van der Waals surface area contributed by atoms with Crippen molar-refractivity contribution >= 4 is 37.3 Å². The molecule has 0 aromatic carbocycles. The number of amides is 1. The quantitative estimate of drug-likeness (QED) is 0.458. The van der Waals surface area contributed by atoms with Crippen LogP contribution in [-0.4, -0.2) is 49.2 Å². The number of rotatable bonds is 0. The summed E-state index contributed by atoms with van der Waals surface area (Å²) in [6.07, 6.45) is 0. The van der Waals surface area contributed by atoms with Crippen molar-refractivity contribution in [3.8, 4) is 0 Å². The zero-order valence-electron chi connectivity index (χ0n) is 12.6. The van der Waals surface area contributed by atoms with Crippen LogP contribution in [0.25, 0.3) is 0 Å². The molecule has 17 heavy (non-hydrogen) atoms. The van der Waals surface area contributed by atoms with Crippen molar-refractivity contribution in [3.05, 3.63) is 12.3 Å². The Morgan fingerprint density at radius 2 is 1.65 bits per heavy atom. The van der Waals surface area contributed by atoms with E-state index in [0.717, 1.165) is 5.70 Å². The van der Waals surface area contributed by atoms with Crippen molar-refractivity contribution in [3.63, 3.8) is 0 Å². The van der Waals surface area contributed by atoms with Crippen molar-refractivity contribution in [1.29, 1.82) is 0 Å². The van der Waals surface area contributed by atoms with Crippen molar-refractivity contribution < 1.29 is 4.79 Å². The van der Waals surface area contributed by atoms with Crippen LogP contribution in [0.15, 0.2) is 12.3 Å². The third-order valence-corrected chi connectivity index (χ3v) is 4.80. The number of carbonyl (C=O) groups excluding carboxylic acids is 1. The lowest BCUT2D eigenvalue weighted by Gasteiger charge is -2.58. The molecule has 1 unspecified atom stereocenters. The molecule has 0 spiro atoms. The first kappa shape index (κ1) is 14.5. The van der Waals surface area contributed by atoms with Gasteiger partial charge in [-0.05, 0) is 16.5 Å². The van der Waals surface area contributed by atoms with Gasteiger partial charge < -0.3 is 4.90 Å². The summed E-state index contributed by atoms with van der Waals surface area (Å²) in [4.78, 5) is 14.2. The van der Waals surface area contributed by atoms with Crippen LogP contribution in [0.4, 0.5) is 0 Å². The van der Waals surface area contributed by atoms with Crippen molar-refractivity contribution in [2.24, 2.45) is 11.3 Å². The predicted octanol–water partition coefficient (Wildman–Crippen LogP) is -1.60. The van der Waals surface area contributed by atoms with Gasteiger partial charge in [0.1, 0.15) is 15.7 Å². The Kier molecular flexibility index (Phi) is 3.19. The first-order chi connectivity index (χ1) is 7.35. The van der Waals surface area contributed by atoms with Crippen LogP contribution >= 0.6 is 0 Å². The van der Waals surface area contributed by atoms with Crippen molar-refractivity contribution in [1.82, 2.24) is 4.90 Å². The second kappa shape index (κ2) is 3.73. The van der Waals surface area contributed by atoms with Gasteiger partial charge >= 0.3 is 0 Å². The van der Waals surface area contributed by atoms with Gasteiger partial charge in [0.2, 0.25) is 5.91 Å². The number of likely N-dealkylation sites (tertiary alicyclic amines) is 1. The summed E-state index contributed by atoms with van der Waals surface area (Å²) in [7, 11) is 10.3. The van der Waals surface area contributed by atoms with Gasteiger partial charge in [0.25, 0.3) is 0 Å². The van der Waals surface area contributed by atoms with E-state index in [1.807, 2.05) is 7.05 Å². The number of carbonyl (C=O) groups is 1. The van der Waals surface area contributed by atoms with Crippen LogP contribution in [-0.2, 0) is 4.79 Å². The van der Waals surface area contributed by atoms with Gasteiger partial charge in [-0.25, -0.2) is 0 Å². The SMILES string of the molecule is BC1(B)C(=O)N(C)C(=C)C(C(C)(C)C)C1(B)B. The Labute approximate surface area is 109 Å². The van der Waals surface area contributed by atoms with Crippen LogP contribution < -0.4 is 0 Å². The topological polar surface area (TPSA) is 20.3 Å². The molecule has 1 aliphatic heterocycles. The van der Waals surface area contributed by atoms with Crippen molar-refractivity contribution in [2.45, 2.75) is 31.2 Å². The molecule has 6 heteroatoms. The molecule has 1 saturated heterocycles. The average Bonchev–Trinajstić information content (AvgIpc) is 2.10. The van der Waals surface area contributed by atoms with Crippen LogP contribution in [0.3, 0.4) is 0 Å². The maximum absolute atomic E-state index is 12.4. The molecule has 0 saturated carbocycles. The highest BCUT2D eigenvalue weighted by molar-refractivity contribution is 6.62. The summed E-state index contributed by atoms with van der Waals surface area (Å²) in [5.74, 6) is 0.473. The molecule has 1 fully saturated rings. The van der Waals surface area contributed by atoms with E-state index in [9.17, 15) is 4.79 Å². The minimum atomic E-state index is -0.360. The molecular weight excluding hydrogens is 205 g/mol. The summed E-state index contributed by atoms with van der Waals surface area (Å²) in [6, 6.07) is 0. The van der Waals surface area contributed by atoms with Gasteiger partial charge in [0.05, 0.1) is 15.7 Å². The van der Waals surface area contributed by atoms with Crippen LogP contribution in [0.1, 0.15) is 20.8 Å². The molecule has 1 heterocycles. The monoisotopic (exact) mass is 229 g/mol. The fraction of sp³-hybridized carbons (Fsp3) is 0.727. The van der Waals surface area contributed by atoms with Crippen LogP contribution in [0.5, 0.6) is 0 Å². The summed E-state index contributed by atoms with van der Waals surface area (Å²) < 4.78 is 0. The predicted molar refractivity (Wildman–Crippen MR) is 84.4 cm³/mol. The molecule has 1 rings (SSSR count). The second-order valence-corrected chi connectivity index (χ2v) is 7.50. The molecule has 0 radical (unpaired) electrons. The average molecular weight is 229 g/mol. The molecule has 1 atom stereocenters. The Bertz CT molecular complexity index is 370. The first-order valence-corrected chi connectivity index (χ1v) is 6.32. The molecule has 2 nitrogen and oxygen atoms in total. The van der Waals surface area contributed by atoms with Crippen molar-refractivity contribution in [2.75, 3.05) is 7.05 Å². The van der Waals surface area contributed by atoms with Gasteiger partial charge in [-0.3, -0.25) is 4.79 Å². The lowest BCUT2D eigenvalue weighted by molar-refractivity contribution is -0.133. The summed E-state index contributed by atoms with van der Waals surface area (Å²) in [5.41, 5.74) is 1.05. The molecule has 1 aliphatic rings. The molecule has 0 bridgehead atoms. The molecule has 90 valence electrons. The minimum Gasteiger partial charge on any atom is -0.320 e. The number of allylic oxidation sites excluding steroid dienone is 1. The molecule has 0 aliphatic carbocycles. The second-order valence-electron chi connectivity index (χ2n) is 7.50. The standard InChI is InChI=1S/C11H23B4NO/c1-6-7(9(2,3)4)10(12,13)11(14,15)8(17)16(6)5/h7H,1,12-15H2,2-5H3. The lowest BCUT2D eigenvalue weighted by atomic mass is 9.23. The minimum absolute atomic E-state index is 0.0913. The maximum atomic E-state index is 12.4. The zero-order valence-corrected chi connectivity index (χ0v) is 12.6. The lowest BCUT2D eigenvalue weighted by Crippen LogP contribution is -2.58. The van der Waals surface area contributed by atoms with E-state index >= 15 is 0 Å². The number of hydrogen-bond donors (Lipinski definition) is 0. The highest BCUT2D eigenvalue weighted by Gasteiger charge is 2.56. The van der Waals surface area contributed by atoms with E-state index in [-0.39, 0.29) is 21.7 Å². The van der Waals surface area contributed by atoms with E-state index < -0.39 is 0 Å². The van der Waals surface area contributed by atoms with E-state index in [1.54, 1.807) is 4.90 Å². The zero-order chi connectivity index (χ0) is 13.8. The number of nitrogens with zero attached hydrogens (tertiary/aromatic N) is 1. The molecule has 0 N–H and O–H groups in total.